The largest absolute Gasteiger partial charge is 0.308 e. The molecule has 0 fully saturated rings. The first-order valence-electron chi connectivity index (χ1n) is 14.6. The maximum absolute atomic E-state index is 2.45. The van der Waals surface area contributed by atoms with Crippen molar-refractivity contribution in [2.45, 2.75) is 0 Å². The molecule has 0 aliphatic heterocycles. The summed E-state index contributed by atoms with van der Waals surface area (Å²) >= 11 is 1.90. The Hall–Kier alpha value is -5.38. The molecular formula is C40H26N2S. The lowest BCUT2D eigenvalue weighted by molar-refractivity contribution is 1.16. The Kier molecular flexibility index (Phi) is 5.40. The summed E-state index contributed by atoms with van der Waals surface area (Å²) in [5.74, 6) is 0. The average Bonchev–Trinajstić information content (AvgIpc) is 3.13. The Labute approximate surface area is 253 Å². The van der Waals surface area contributed by atoms with E-state index >= 15 is 0 Å². The maximum atomic E-state index is 2.45. The summed E-state index contributed by atoms with van der Waals surface area (Å²) in [5, 5.41) is 5.02. The number of rotatable bonds is 3. The summed E-state index contributed by atoms with van der Waals surface area (Å²) in [6, 6.07) is 57.3. The van der Waals surface area contributed by atoms with Gasteiger partial charge in [0.25, 0.3) is 0 Å². The molecule has 43 heavy (non-hydrogen) atoms. The molecule has 0 saturated heterocycles. The zero-order valence-corrected chi connectivity index (χ0v) is 24.1. The molecule has 0 spiro atoms. The van der Waals surface area contributed by atoms with Crippen LogP contribution in [0.1, 0.15) is 0 Å². The first kappa shape index (κ1) is 24.2. The lowest BCUT2D eigenvalue weighted by Gasteiger charge is -2.18. The fourth-order valence-corrected chi connectivity index (χ4v) is 7.97. The van der Waals surface area contributed by atoms with E-state index in [-0.39, 0.29) is 0 Å². The van der Waals surface area contributed by atoms with Crippen LogP contribution >= 0.6 is 11.3 Å². The van der Waals surface area contributed by atoms with Gasteiger partial charge in [-0.1, -0.05) is 97.1 Å². The summed E-state index contributed by atoms with van der Waals surface area (Å²) in [7, 11) is 0. The van der Waals surface area contributed by atoms with E-state index < -0.39 is 0 Å². The van der Waals surface area contributed by atoms with E-state index in [4.69, 9.17) is 0 Å². The molecule has 202 valence electrons. The zero-order valence-electron chi connectivity index (χ0n) is 23.3. The van der Waals surface area contributed by atoms with E-state index in [1.54, 1.807) is 0 Å². The molecule has 0 atom stereocenters. The second-order valence-corrected chi connectivity index (χ2v) is 12.0. The number of fused-ring (bicyclic) bond motifs is 2. The van der Waals surface area contributed by atoms with Crippen molar-refractivity contribution in [2.75, 3.05) is 0 Å². The number of hydrogen-bond donors (Lipinski definition) is 0. The van der Waals surface area contributed by atoms with Gasteiger partial charge in [0.15, 0.2) is 0 Å². The van der Waals surface area contributed by atoms with Crippen LogP contribution in [-0.4, -0.2) is 9.13 Å². The van der Waals surface area contributed by atoms with Crippen molar-refractivity contribution in [3.63, 3.8) is 0 Å². The van der Waals surface area contributed by atoms with Gasteiger partial charge in [-0.2, -0.15) is 0 Å². The minimum atomic E-state index is 1.14. The monoisotopic (exact) mass is 566 g/mol. The van der Waals surface area contributed by atoms with Gasteiger partial charge in [-0.15, -0.1) is 11.3 Å². The molecule has 2 heterocycles. The quantitative estimate of drug-likeness (QED) is 0.149. The molecule has 2 nitrogen and oxygen atoms in total. The molecule has 0 saturated carbocycles. The Morgan fingerprint density at radius 2 is 0.930 bits per heavy atom. The number of benzene rings is 7. The van der Waals surface area contributed by atoms with Gasteiger partial charge < -0.3 is 9.13 Å². The van der Waals surface area contributed by atoms with Gasteiger partial charge in [-0.3, -0.25) is 0 Å². The number of hydrogen-bond acceptors (Lipinski definition) is 1. The Morgan fingerprint density at radius 3 is 1.63 bits per heavy atom. The molecule has 3 heteroatoms. The predicted molar refractivity (Wildman–Crippen MR) is 185 cm³/mol. The van der Waals surface area contributed by atoms with E-state index in [2.05, 4.69) is 167 Å². The highest BCUT2D eigenvalue weighted by Gasteiger charge is 2.18. The Bertz CT molecular complexity index is 2480. The zero-order chi connectivity index (χ0) is 28.3. The molecular weight excluding hydrogens is 541 g/mol. The molecule has 0 aliphatic rings. The third kappa shape index (κ3) is 3.72. The molecule has 0 aliphatic carbocycles. The van der Waals surface area contributed by atoms with Crippen LogP contribution < -0.4 is 0 Å². The molecule has 0 amide bonds. The van der Waals surface area contributed by atoms with E-state index in [0.717, 1.165) is 11.4 Å². The highest BCUT2D eigenvalue weighted by atomic mass is 32.1. The van der Waals surface area contributed by atoms with Crippen LogP contribution in [0.15, 0.2) is 158 Å². The van der Waals surface area contributed by atoms with Crippen LogP contribution in [0.5, 0.6) is 0 Å². The van der Waals surface area contributed by atoms with Gasteiger partial charge in [-0.05, 0) is 82.6 Å². The second kappa shape index (κ2) is 9.59. The Morgan fingerprint density at radius 1 is 0.372 bits per heavy atom. The SMILES string of the molecule is c1ccc(-c2cc3ccc4c5sc6c(cccc6n4-c4ccccc4)n(-c4ccccc4)c4ccccc4c(c2)c35)cc1. The van der Waals surface area contributed by atoms with Crippen LogP contribution in [0.3, 0.4) is 0 Å². The fraction of sp³-hybridized carbons (Fsp3) is 0. The smallest absolute Gasteiger partial charge is 0.0758 e. The molecule has 2 aromatic heterocycles. The van der Waals surface area contributed by atoms with Gasteiger partial charge >= 0.3 is 0 Å². The van der Waals surface area contributed by atoms with E-state index in [1.807, 2.05) is 11.3 Å². The average molecular weight is 567 g/mol. The van der Waals surface area contributed by atoms with Crippen molar-refractivity contribution >= 4 is 64.3 Å². The summed E-state index contributed by atoms with van der Waals surface area (Å²) in [6.07, 6.45) is 0. The van der Waals surface area contributed by atoms with Gasteiger partial charge in [0, 0.05) is 22.1 Å². The molecule has 7 aromatic carbocycles. The van der Waals surface area contributed by atoms with Crippen molar-refractivity contribution in [3.8, 4) is 22.5 Å². The summed E-state index contributed by atoms with van der Waals surface area (Å²) < 4.78 is 7.44. The lowest BCUT2D eigenvalue weighted by atomic mass is 9.96. The molecule has 0 unspecified atom stereocenters. The van der Waals surface area contributed by atoms with E-state index in [1.165, 1.54) is 64.1 Å². The third-order valence-corrected chi connectivity index (χ3v) is 9.76. The summed E-state index contributed by atoms with van der Waals surface area (Å²) in [5.41, 5.74) is 9.51. The first-order chi connectivity index (χ1) is 21.3. The molecule has 0 radical (unpaired) electrons. The van der Waals surface area contributed by atoms with Crippen LogP contribution in [0.4, 0.5) is 0 Å². The Balaban J connectivity index is 1.63. The molecule has 6 bridgehead atoms. The normalized spacial score (nSPS) is 11.7. The number of nitrogens with zero attached hydrogens (tertiary/aromatic N) is 2. The topological polar surface area (TPSA) is 9.86 Å². The highest BCUT2D eigenvalue weighted by molar-refractivity contribution is 7.26. The van der Waals surface area contributed by atoms with Crippen LogP contribution in [0.2, 0.25) is 0 Å². The number of para-hydroxylation sites is 3. The van der Waals surface area contributed by atoms with Crippen molar-refractivity contribution in [3.05, 3.63) is 158 Å². The lowest BCUT2D eigenvalue weighted by Crippen LogP contribution is -2.01. The van der Waals surface area contributed by atoms with Crippen LogP contribution in [0.25, 0.3) is 75.5 Å². The van der Waals surface area contributed by atoms with Gasteiger partial charge in [0.05, 0.1) is 31.5 Å². The predicted octanol–water partition coefficient (Wildman–Crippen LogP) is 11.3. The van der Waals surface area contributed by atoms with Crippen molar-refractivity contribution in [2.24, 2.45) is 0 Å². The van der Waals surface area contributed by atoms with E-state index in [9.17, 15) is 0 Å². The summed E-state index contributed by atoms with van der Waals surface area (Å²) in [4.78, 5) is 0. The third-order valence-electron chi connectivity index (χ3n) is 8.52. The van der Waals surface area contributed by atoms with Crippen LogP contribution in [-0.2, 0) is 0 Å². The van der Waals surface area contributed by atoms with Crippen LogP contribution in [0, 0.1) is 0 Å². The van der Waals surface area contributed by atoms with Crippen molar-refractivity contribution in [1.29, 1.82) is 0 Å². The van der Waals surface area contributed by atoms with Crippen molar-refractivity contribution < 1.29 is 0 Å². The van der Waals surface area contributed by atoms with Gasteiger partial charge in [-0.25, -0.2) is 0 Å². The van der Waals surface area contributed by atoms with Crippen molar-refractivity contribution in [1.82, 2.24) is 9.13 Å². The number of aromatic nitrogens is 2. The van der Waals surface area contributed by atoms with Gasteiger partial charge in [0.1, 0.15) is 0 Å². The minimum absolute atomic E-state index is 1.14. The second-order valence-electron chi connectivity index (χ2n) is 11.0. The summed E-state index contributed by atoms with van der Waals surface area (Å²) in [6.45, 7) is 0. The fourth-order valence-electron chi connectivity index (χ4n) is 6.65. The minimum Gasteiger partial charge on any atom is -0.308 e. The molecule has 0 N–H and O–H groups in total. The standard InChI is InChI=1S/C40H26N2S/c1-4-13-27(14-5-1)29-25-28-23-24-37-40-38(28)33(26-29)32-19-10-11-20-34(32)41(30-15-6-2-7-16-30)35-21-12-22-36(39(35)43-40)42(37)31-17-8-3-9-18-31/h1-26H. The first-order valence-corrected chi connectivity index (χ1v) is 15.4. The maximum Gasteiger partial charge on any atom is 0.0758 e. The molecule has 9 aromatic rings. The van der Waals surface area contributed by atoms with Gasteiger partial charge in [0.2, 0.25) is 0 Å². The molecule has 9 rings (SSSR count). The highest BCUT2D eigenvalue weighted by Crippen LogP contribution is 2.43. The van der Waals surface area contributed by atoms with E-state index in [0.29, 0.717) is 0 Å².